The average molecular weight is 477 g/mol. The number of aromatic nitrogens is 2. The van der Waals surface area contributed by atoms with Gasteiger partial charge in [-0.2, -0.15) is 0 Å². The van der Waals surface area contributed by atoms with Crippen molar-refractivity contribution in [3.8, 4) is 5.69 Å². The highest BCUT2D eigenvalue weighted by atomic mass is 16.5. The molecule has 4 rings (SSSR count). The summed E-state index contributed by atoms with van der Waals surface area (Å²) in [5.41, 5.74) is 3.50. The molecule has 1 saturated heterocycles. The second kappa shape index (κ2) is 11.1. The number of carbonyl (C=O) groups excluding carboxylic acids is 1. The van der Waals surface area contributed by atoms with Gasteiger partial charge in [-0.25, -0.2) is 4.68 Å². The maximum Gasteiger partial charge on any atom is 0.276 e. The SMILES string of the molecule is Cc1c(CN2CC(=O)N(CC(C)C)C[C@H](OCc3ccccc3)C2)c(=O)n(-c2ccccc2)n1C. The van der Waals surface area contributed by atoms with Gasteiger partial charge in [-0.05, 0) is 30.5 Å². The molecule has 1 atom stereocenters. The van der Waals surface area contributed by atoms with Gasteiger partial charge in [-0.1, -0.05) is 62.4 Å². The van der Waals surface area contributed by atoms with Gasteiger partial charge in [-0.3, -0.25) is 19.2 Å². The minimum atomic E-state index is -0.138. The second-order valence-corrected chi connectivity index (χ2v) is 9.82. The van der Waals surface area contributed by atoms with Crippen molar-refractivity contribution in [3.63, 3.8) is 0 Å². The lowest BCUT2D eigenvalue weighted by Crippen LogP contribution is -2.40. The molecule has 7 nitrogen and oxygen atoms in total. The summed E-state index contributed by atoms with van der Waals surface area (Å²) in [6.07, 6.45) is -0.138. The van der Waals surface area contributed by atoms with Crippen LogP contribution in [0.4, 0.5) is 0 Å². The van der Waals surface area contributed by atoms with Gasteiger partial charge >= 0.3 is 0 Å². The molecule has 35 heavy (non-hydrogen) atoms. The lowest BCUT2D eigenvalue weighted by Gasteiger charge is -2.26. The predicted molar refractivity (Wildman–Crippen MR) is 137 cm³/mol. The topological polar surface area (TPSA) is 59.7 Å². The first-order chi connectivity index (χ1) is 16.8. The lowest BCUT2D eigenvalue weighted by atomic mass is 10.2. The number of carbonyl (C=O) groups is 1. The first-order valence-electron chi connectivity index (χ1n) is 12.3. The molecule has 1 aliphatic rings. The molecule has 0 saturated carbocycles. The average Bonchev–Trinajstić information content (AvgIpc) is 2.96. The van der Waals surface area contributed by atoms with Gasteiger partial charge in [0.15, 0.2) is 0 Å². The van der Waals surface area contributed by atoms with Gasteiger partial charge in [0.2, 0.25) is 5.91 Å². The van der Waals surface area contributed by atoms with Gasteiger partial charge < -0.3 is 9.64 Å². The third-order valence-electron chi connectivity index (χ3n) is 6.57. The highest BCUT2D eigenvalue weighted by Gasteiger charge is 2.30. The van der Waals surface area contributed by atoms with Crippen LogP contribution in [0.2, 0.25) is 0 Å². The van der Waals surface area contributed by atoms with Crippen LogP contribution in [0.25, 0.3) is 5.69 Å². The van der Waals surface area contributed by atoms with E-state index >= 15 is 0 Å². The number of rotatable bonds is 8. The molecule has 1 aromatic heterocycles. The normalized spacial score (nSPS) is 17.2. The molecule has 186 valence electrons. The van der Waals surface area contributed by atoms with E-state index in [2.05, 4.69) is 18.7 Å². The standard InChI is InChI=1S/C28H36N4O3/c1-21(2)15-31-17-25(35-20-23-11-7-5-8-12-23)16-30(19-27(31)33)18-26-22(3)29(4)32(28(26)34)24-13-9-6-10-14-24/h5-14,21,25H,15-20H2,1-4H3/t25-/m1/s1. The number of ether oxygens (including phenoxy) is 1. The van der Waals surface area contributed by atoms with Crippen molar-refractivity contribution in [2.45, 2.75) is 40.0 Å². The Bertz CT molecular complexity index is 1180. The van der Waals surface area contributed by atoms with E-state index in [1.54, 1.807) is 4.68 Å². The first kappa shape index (κ1) is 24.9. The second-order valence-electron chi connectivity index (χ2n) is 9.82. The summed E-state index contributed by atoms with van der Waals surface area (Å²) < 4.78 is 9.89. The van der Waals surface area contributed by atoms with Crippen molar-refractivity contribution in [2.24, 2.45) is 13.0 Å². The van der Waals surface area contributed by atoms with E-state index in [-0.39, 0.29) is 24.1 Å². The summed E-state index contributed by atoms with van der Waals surface area (Å²) in [6, 6.07) is 19.7. The third-order valence-corrected chi connectivity index (χ3v) is 6.57. The van der Waals surface area contributed by atoms with E-state index in [9.17, 15) is 9.59 Å². The maximum absolute atomic E-state index is 13.4. The highest BCUT2D eigenvalue weighted by molar-refractivity contribution is 5.78. The Kier molecular flexibility index (Phi) is 7.88. The molecular weight excluding hydrogens is 440 g/mol. The Labute approximate surface area is 207 Å². The molecule has 1 fully saturated rings. The molecule has 7 heteroatoms. The summed E-state index contributed by atoms with van der Waals surface area (Å²) in [5.74, 6) is 0.455. The smallest absolute Gasteiger partial charge is 0.276 e. The van der Waals surface area contributed by atoms with Crippen LogP contribution >= 0.6 is 0 Å². The Balaban J connectivity index is 1.57. The van der Waals surface area contributed by atoms with E-state index in [0.29, 0.717) is 44.3 Å². The van der Waals surface area contributed by atoms with Gasteiger partial charge in [0.1, 0.15) is 0 Å². The number of hydrogen-bond donors (Lipinski definition) is 0. The summed E-state index contributed by atoms with van der Waals surface area (Å²) >= 11 is 0. The van der Waals surface area contributed by atoms with Crippen LogP contribution < -0.4 is 5.56 Å². The molecule has 0 unspecified atom stereocenters. The van der Waals surface area contributed by atoms with E-state index in [1.807, 2.05) is 84.2 Å². The fourth-order valence-electron chi connectivity index (χ4n) is 4.71. The number of para-hydroxylation sites is 1. The van der Waals surface area contributed by atoms with Crippen LogP contribution in [0.3, 0.4) is 0 Å². The quantitative estimate of drug-likeness (QED) is 0.500. The highest BCUT2D eigenvalue weighted by Crippen LogP contribution is 2.17. The Morgan fingerprint density at radius 2 is 1.63 bits per heavy atom. The minimum Gasteiger partial charge on any atom is -0.370 e. The van der Waals surface area contributed by atoms with Crippen molar-refractivity contribution < 1.29 is 9.53 Å². The van der Waals surface area contributed by atoms with E-state index in [1.165, 1.54) is 0 Å². The molecule has 0 N–H and O–H groups in total. The van der Waals surface area contributed by atoms with Crippen molar-refractivity contribution in [1.29, 1.82) is 0 Å². The predicted octanol–water partition coefficient (Wildman–Crippen LogP) is 3.37. The van der Waals surface area contributed by atoms with Crippen molar-refractivity contribution in [3.05, 3.63) is 87.8 Å². The van der Waals surface area contributed by atoms with Crippen LogP contribution in [0.1, 0.15) is 30.7 Å². The first-order valence-corrected chi connectivity index (χ1v) is 12.3. The fraction of sp³-hybridized carbons (Fsp3) is 0.429. The summed E-state index contributed by atoms with van der Waals surface area (Å²) in [6.45, 7) is 9.22. The summed E-state index contributed by atoms with van der Waals surface area (Å²) in [5, 5.41) is 0. The van der Waals surface area contributed by atoms with Crippen molar-refractivity contribution in [2.75, 3.05) is 26.2 Å². The molecule has 0 bridgehead atoms. The third kappa shape index (κ3) is 5.92. The maximum atomic E-state index is 13.4. The van der Waals surface area contributed by atoms with Crippen molar-refractivity contribution >= 4 is 5.91 Å². The van der Waals surface area contributed by atoms with Gasteiger partial charge in [-0.15, -0.1) is 0 Å². The molecule has 2 aromatic carbocycles. The molecule has 0 spiro atoms. The van der Waals surface area contributed by atoms with Crippen LogP contribution in [-0.4, -0.2) is 57.4 Å². The molecule has 0 radical (unpaired) electrons. The number of nitrogens with zero attached hydrogens (tertiary/aromatic N) is 4. The molecule has 1 aliphatic heterocycles. The molecule has 2 heterocycles. The largest absolute Gasteiger partial charge is 0.370 e. The Morgan fingerprint density at radius 3 is 2.29 bits per heavy atom. The van der Waals surface area contributed by atoms with E-state index < -0.39 is 0 Å². The van der Waals surface area contributed by atoms with Crippen LogP contribution in [0.15, 0.2) is 65.5 Å². The van der Waals surface area contributed by atoms with Gasteiger partial charge in [0, 0.05) is 38.9 Å². The van der Waals surface area contributed by atoms with Crippen LogP contribution in [0.5, 0.6) is 0 Å². The van der Waals surface area contributed by atoms with Crippen molar-refractivity contribution in [1.82, 2.24) is 19.2 Å². The zero-order valence-electron chi connectivity index (χ0n) is 21.2. The monoisotopic (exact) mass is 476 g/mol. The number of benzene rings is 2. The zero-order chi connectivity index (χ0) is 24.9. The van der Waals surface area contributed by atoms with E-state index in [0.717, 1.165) is 16.9 Å². The summed E-state index contributed by atoms with van der Waals surface area (Å²) in [7, 11) is 1.90. The molecule has 0 aliphatic carbocycles. The van der Waals surface area contributed by atoms with Crippen LogP contribution in [-0.2, 0) is 29.7 Å². The Morgan fingerprint density at radius 1 is 0.971 bits per heavy atom. The van der Waals surface area contributed by atoms with Gasteiger partial charge in [0.05, 0.1) is 30.5 Å². The molecular formula is C28H36N4O3. The fourth-order valence-corrected chi connectivity index (χ4v) is 4.71. The molecule has 3 aromatic rings. The van der Waals surface area contributed by atoms with E-state index in [4.69, 9.17) is 4.74 Å². The number of amides is 1. The zero-order valence-corrected chi connectivity index (χ0v) is 21.2. The van der Waals surface area contributed by atoms with Gasteiger partial charge in [0.25, 0.3) is 5.56 Å². The summed E-state index contributed by atoms with van der Waals surface area (Å²) in [4.78, 5) is 30.6. The lowest BCUT2D eigenvalue weighted by molar-refractivity contribution is -0.132. The minimum absolute atomic E-state index is 0.0475. The molecule has 1 amide bonds. The number of hydrogen-bond acceptors (Lipinski definition) is 4. The van der Waals surface area contributed by atoms with Crippen LogP contribution in [0, 0.1) is 12.8 Å². The Hall–Kier alpha value is -3.16.